The van der Waals surface area contributed by atoms with Crippen LogP contribution >= 0.6 is 0 Å². The molecule has 8 heteroatoms. The quantitative estimate of drug-likeness (QED) is 0.689. The largest absolute Gasteiger partial charge is 0.380 e. The van der Waals surface area contributed by atoms with Crippen molar-refractivity contribution in [3.63, 3.8) is 0 Å². The van der Waals surface area contributed by atoms with E-state index in [0.717, 1.165) is 24.3 Å². The summed E-state index contributed by atoms with van der Waals surface area (Å²) in [5, 5.41) is 2.61. The summed E-state index contributed by atoms with van der Waals surface area (Å²) in [6, 6.07) is 14.4. The van der Waals surface area contributed by atoms with Crippen molar-refractivity contribution in [1.82, 2.24) is 0 Å². The van der Waals surface area contributed by atoms with Crippen LogP contribution in [0.3, 0.4) is 0 Å². The maximum absolute atomic E-state index is 12.4. The van der Waals surface area contributed by atoms with E-state index in [1.807, 2.05) is 18.2 Å². The van der Waals surface area contributed by atoms with Gasteiger partial charge in [0.25, 0.3) is 0 Å². The molecule has 1 fully saturated rings. The second kappa shape index (κ2) is 9.76. The normalized spacial score (nSPS) is 14.4. The van der Waals surface area contributed by atoms with Crippen LogP contribution in [-0.2, 0) is 26.2 Å². The van der Waals surface area contributed by atoms with Gasteiger partial charge in [-0.05, 0) is 61.2 Å². The SMILES string of the molecule is COCc1cccc(NC(=O)CS(=O)(=O)Nc2ccc(N3CCCCC3)cc2)c1. The third-order valence-corrected chi connectivity index (χ3v) is 5.89. The Morgan fingerprint density at radius 3 is 2.45 bits per heavy atom. The second-order valence-electron chi connectivity index (χ2n) is 7.14. The average molecular weight is 418 g/mol. The Kier molecular flexibility index (Phi) is 7.11. The molecule has 1 aliphatic heterocycles. The fraction of sp³-hybridized carbons (Fsp3) is 0.381. The van der Waals surface area contributed by atoms with Crippen molar-refractivity contribution in [1.29, 1.82) is 0 Å². The van der Waals surface area contributed by atoms with Crippen LogP contribution in [0.25, 0.3) is 0 Å². The van der Waals surface area contributed by atoms with Crippen molar-refractivity contribution in [2.45, 2.75) is 25.9 Å². The summed E-state index contributed by atoms with van der Waals surface area (Å²) >= 11 is 0. The number of nitrogens with one attached hydrogen (secondary N) is 2. The standard InChI is InChI=1S/C21H27N3O4S/c1-28-15-17-6-5-7-19(14-17)22-21(25)16-29(26,27)23-18-8-10-20(11-9-18)24-12-3-2-4-13-24/h5-11,14,23H,2-4,12-13,15-16H2,1H3,(H,22,25). The zero-order valence-corrected chi connectivity index (χ0v) is 17.4. The molecule has 0 saturated carbocycles. The molecule has 0 bridgehead atoms. The molecule has 7 nitrogen and oxygen atoms in total. The lowest BCUT2D eigenvalue weighted by Gasteiger charge is -2.28. The maximum atomic E-state index is 12.4. The number of benzene rings is 2. The van der Waals surface area contributed by atoms with Crippen LogP contribution in [0, 0.1) is 0 Å². The Morgan fingerprint density at radius 2 is 1.76 bits per heavy atom. The van der Waals surface area contributed by atoms with E-state index in [1.165, 1.54) is 19.3 Å². The number of hydrogen-bond acceptors (Lipinski definition) is 5. The van der Waals surface area contributed by atoms with Gasteiger partial charge in [-0.2, -0.15) is 0 Å². The number of anilines is 3. The molecule has 2 N–H and O–H groups in total. The molecule has 1 heterocycles. The predicted molar refractivity (Wildman–Crippen MR) is 116 cm³/mol. The Morgan fingerprint density at radius 1 is 1.03 bits per heavy atom. The number of carbonyl (C=O) groups is 1. The van der Waals surface area contributed by atoms with Crippen molar-refractivity contribution in [3.8, 4) is 0 Å². The second-order valence-corrected chi connectivity index (χ2v) is 8.86. The maximum Gasteiger partial charge on any atom is 0.241 e. The average Bonchev–Trinajstić information content (AvgIpc) is 2.69. The van der Waals surface area contributed by atoms with Gasteiger partial charge in [-0.15, -0.1) is 0 Å². The topological polar surface area (TPSA) is 87.7 Å². The molecule has 2 aromatic carbocycles. The molecule has 1 aliphatic rings. The molecule has 29 heavy (non-hydrogen) atoms. The highest BCUT2D eigenvalue weighted by Gasteiger charge is 2.17. The van der Waals surface area contributed by atoms with E-state index < -0.39 is 21.7 Å². The Bertz CT molecular complexity index is 923. The van der Waals surface area contributed by atoms with Gasteiger partial charge in [-0.1, -0.05) is 12.1 Å². The molecular weight excluding hydrogens is 390 g/mol. The van der Waals surface area contributed by atoms with E-state index in [-0.39, 0.29) is 0 Å². The van der Waals surface area contributed by atoms with E-state index in [2.05, 4.69) is 14.9 Å². The molecule has 156 valence electrons. The van der Waals surface area contributed by atoms with Crippen LogP contribution in [0.15, 0.2) is 48.5 Å². The number of amides is 1. The van der Waals surface area contributed by atoms with Crippen molar-refractivity contribution < 1.29 is 17.9 Å². The van der Waals surface area contributed by atoms with Gasteiger partial charge >= 0.3 is 0 Å². The molecule has 1 amide bonds. The van der Waals surface area contributed by atoms with Crippen LogP contribution in [0.4, 0.5) is 17.1 Å². The third kappa shape index (κ3) is 6.47. The number of hydrogen-bond donors (Lipinski definition) is 2. The molecule has 0 radical (unpaired) electrons. The molecule has 0 spiro atoms. The smallest absolute Gasteiger partial charge is 0.241 e. The van der Waals surface area contributed by atoms with Gasteiger partial charge in [0, 0.05) is 37.3 Å². The molecule has 2 aromatic rings. The van der Waals surface area contributed by atoms with E-state index >= 15 is 0 Å². The first-order valence-electron chi connectivity index (χ1n) is 9.68. The first kappa shape index (κ1) is 21.1. The van der Waals surface area contributed by atoms with Gasteiger partial charge < -0.3 is 15.0 Å². The predicted octanol–water partition coefficient (Wildman–Crippen LogP) is 3.20. The summed E-state index contributed by atoms with van der Waals surface area (Å²) < 4.78 is 32.2. The zero-order valence-electron chi connectivity index (χ0n) is 16.6. The summed E-state index contributed by atoms with van der Waals surface area (Å²) in [7, 11) is -2.23. The fourth-order valence-corrected chi connectivity index (χ4v) is 4.37. The van der Waals surface area contributed by atoms with Crippen LogP contribution in [0.5, 0.6) is 0 Å². The number of rotatable bonds is 8. The monoisotopic (exact) mass is 417 g/mol. The lowest BCUT2D eigenvalue weighted by Crippen LogP contribution is -2.29. The first-order chi connectivity index (χ1) is 13.9. The van der Waals surface area contributed by atoms with Crippen LogP contribution < -0.4 is 14.9 Å². The van der Waals surface area contributed by atoms with Crippen molar-refractivity contribution in [2.24, 2.45) is 0 Å². The minimum absolute atomic E-state index is 0.414. The minimum Gasteiger partial charge on any atom is -0.380 e. The number of sulfonamides is 1. The lowest BCUT2D eigenvalue weighted by atomic mass is 10.1. The number of methoxy groups -OCH3 is 1. The number of carbonyl (C=O) groups excluding carboxylic acids is 1. The highest BCUT2D eigenvalue weighted by atomic mass is 32.2. The molecule has 0 aliphatic carbocycles. The Hall–Kier alpha value is -2.58. The number of ether oxygens (including phenoxy) is 1. The molecular formula is C21H27N3O4S. The van der Waals surface area contributed by atoms with E-state index in [1.54, 1.807) is 37.4 Å². The summed E-state index contributed by atoms with van der Waals surface area (Å²) in [6.07, 6.45) is 3.61. The van der Waals surface area contributed by atoms with Crippen LogP contribution in [0.2, 0.25) is 0 Å². The number of nitrogens with zero attached hydrogens (tertiary/aromatic N) is 1. The molecule has 3 rings (SSSR count). The van der Waals surface area contributed by atoms with Gasteiger partial charge in [0.2, 0.25) is 15.9 Å². The van der Waals surface area contributed by atoms with Crippen molar-refractivity contribution >= 4 is 33.0 Å². The molecule has 0 unspecified atom stereocenters. The van der Waals surface area contributed by atoms with E-state index in [4.69, 9.17) is 4.74 Å². The lowest BCUT2D eigenvalue weighted by molar-refractivity contribution is -0.113. The van der Waals surface area contributed by atoms with Gasteiger partial charge in [-0.25, -0.2) is 8.42 Å². The summed E-state index contributed by atoms with van der Waals surface area (Å²) in [5.74, 6) is -1.26. The summed E-state index contributed by atoms with van der Waals surface area (Å²) in [4.78, 5) is 14.5. The molecule has 0 atom stereocenters. The van der Waals surface area contributed by atoms with Crippen LogP contribution in [-0.4, -0.2) is 40.3 Å². The third-order valence-electron chi connectivity index (χ3n) is 4.70. The van der Waals surface area contributed by atoms with Gasteiger partial charge in [0.05, 0.1) is 6.61 Å². The van der Waals surface area contributed by atoms with Crippen LogP contribution in [0.1, 0.15) is 24.8 Å². The van der Waals surface area contributed by atoms with Crippen molar-refractivity contribution in [3.05, 3.63) is 54.1 Å². The van der Waals surface area contributed by atoms with Gasteiger partial charge in [-0.3, -0.25) is 9.52 Å². The van der Waals surface area contributed by atoms with Gasteiger partial charge in [0.1, 0.15) is 5.75 Å². The molecule has 0 aromatic heterocycles. The highest BCUT2D eigenvalue weighted by molar-refractivity contribution is 7.93. The Balaban J connectivity index is 1.56. The molecule has 1 saturated heterocycles. The van der Waals surface area contributed by atoms with Gasteiger partial charge in [0.15, 0.2) is 0 Å². The fourth-order valence-electron chi connectivity index (χ4n) is 3.38. The number of piperidine rings is 1. The van der Waals surface area contributed by atoms with Crippen molar-refractivity contribution in [2.75, 3.05) is 40.9 Å². The highest BCUT2D eigenvalue weighted by Crippen LogP contribution is 2.22. The summed E-state index contributed by atoms with van der Waals surface area (Å²) in [5.41, 5.74) is 2.95. The minimum atomic E-state index is -3.81. The van der Waals surface area contributed by atoms with E-state index in [0.29, 0.717) is 18.0 Å². The van der Waals surface area contributed by atoms with E-state index in [9.17, 15) is 13.2 Å². The zero-order chi connectivity index (χ0) is 20.7. The first-order valence-corrected chi connectivity index (χ1v) is 11.3. The summed E-state index contributed by atoms with van der Waals surface area (Å²) in [6.45, 7) is 2.46. The Labute approximate surface area is 172 Å².